The maximum absolute atomic E-state index is 12.0. The molecule has 0 saturated carbocycles. The Hall–Kier alpha value is -1.39. The Labute approximate surface area is 120 Å². The Morgan fingerprint density at radius 3 is 3.10 bits per heavy atom. The maximum Gasteiger partial charge on any atom is 0.238 e. The van der Waals surface area contributed by atoms with Crippen LogP contribution in [0.5, 0.6) is 0 Å². The molecule has 2 heterocycles. The molecule has 20 heavy (non-hydrogen) atoms. The fourth-order valence-corrected chi connectivity index (χ4v) is 3.47. The molecule has 2 N–H and O–H groups in total. The minimum atomic E-state index is 0.0482. The molecule has 4 nitrogen and oxygen atoms in total. The molecule has 3 rings (SSSR count). The van der Waals surface area contributed by atoms with Gasteiger partial charge in [-0.2, -0.15) is 0 Å². The van der Waals surface area contributed by atoms with E-state index in [2.05, 4.69) is 15.5 Å². The lowest BCUT2D eigenvalue weighted by molar-refractivity contribution is -0.115. The monoisotopic (exact) mass is 273 g/mol. The van der Waals surface area contributed by atoms with Gasteiger partial charge in [-0.25, -0.2) is 0 Å². The topological polar surface area (TPSA) is 44.4 Å². The maximum atomic E-state index is 12.0. The molecule has 0 bridgehead atoms. The number of nitrogens with zero attached hydrogens (tertiary/aromatic N) is 1. The number of hydrogen-bond acceptors (Lipinski definition) is 3. The molecule has 2 unspecified atom stereocenters. The van der Waals surface area contributed by atoms with E-state index < -0.39 is 0 Å². The Balaban J connectivity index is 1.47. The first-order valence-corrected chi connectivity index (χ1v) is 7.56. The SMILES string of the molecule is Cc1cccc(NC(=O)CNC2CCN3CCCC23)c1. The molecule has 1 aromatic rings. The van der Waals surface area contributed by atoms with Crippen LogP contribution < -0.4 is 10.6 Å². The van der Waals surface area contributed by atoms with Gasteiger partial charge in [-0.15, -0.1) is 0 Å². The summed E-state index contributed by atoms with van der Waals surface area (Å²) in [7, 11) is 0. The molecule has 2 atom stereocenters. The van der Waals surface area contributed by atoms with Gasteiger partial charge in [0.25, 0.3) is 0 Å². The predicted octanol–water partition coefficient (Wildman–Crippen LogP) is 1.76. The van der Waals surface area contributed by atoms with E-state index in [-0.39, 0.29) is 5.91 Å². The van der Waals surface area contributed by atoms with Gasteiger partial charge in [0.2, 0.25) is 5.91 Å². The van der Waals surface area contributed by atoms with Gasteiger partial charge in [0.15, 0.2) is 0 Å². The molecule has 2 aliphatic rings. The first-order valence-electron chi connectivity index (χ1n) is 7.56. The van der Waals surface area contributed by atoms with Gasteiger partial charge in [-0.3, -0.25) is 9.69 Å². The van der Waals surface area contributed by atoms with E-state index in [0.29, 0.717) is 18.6 Å². The lowest BCUT2D eigenvalue weighted by Crippen LogP contribution is -2.42. The van der Waals surface area contributed by atoms with Crippen LogP contribution in [0.15, 0.2) is 24.3 Å². The number of benzene rings is 1. The summed E-state index contributed by atoms with van der Waals surface area (Å²) in [4.78, 5) is 14.5. The van der Waals surface area contributed by atoms with Crippen LogP contribution >= 0.6 is 0 Å². The smallest absolute Gasteiger partial charge is 0.238 e. The van der Waals surface area contributed by atoms with Gasteiger partial charge in [-0.05, 0) is 50.4 Å². The molecular weight excluding hydrogens is 250 g/mol. The number of fused-ring (bicyclic) bond motifs is 1. The van der Waals surface area contributed by atoms with Gasteiger partial charge >= 0.3 is 0 Å². The van der Waals surface area contributed by atoms with E-state index in [4.69, 9.17) is 0 Å². The minimum absolute atomic E-state index is 0.0482. The molecule has 2 fully saturated rings. The summed E-state index contributed by atoms with van der Waals surface area (Å²) in [5.74, 6) is 0.0482. The van der Waals surface area contributed by atoms with E-state index in [1.807, 2.05) is 31.2 Å². The highest BCUT2D eigenvalue weighted by Crippen LogP contribution is 2.27. The molecule has 1 amide bonds. The summed E-state index contributed by atoms with van der Waals surface area (Å²) in [5, 5.41) is 6.39. The summed E-state index contributed by atoms with van der Waals surface area (Å²) >= 11 is 0. The largest absolute Gasteiger partial charge is 0.325 e. The highest BCUT2D eigenvalue weighted by atomic mass is 16.1. The molecule has 2 saturated heterocycles. The molecule has 2 aliphatic heterocycles. The van der Waals surface area contributed by atoms with Gasteiger partial charge in [-0.1, -0.05) is 12.1 Å². The molecule has 0 aromatic heterocycles. The molecule has 1 aromatic carbocycles. The summed E-state index contributed by atoms with van der Waals surface area (Å²) < 4.78 is 0. The molecule has 108 valence electrons. The number of carbonyl (C=O) groups is 1. The Morgan fingerprint density at radius 1 is 1.35 bits per heavy atom. The average molecular weight is 273 g/mol. The second-order valence-electron chi connectivity index (χ2n) is 5.94. The number of hydrogen-bond donors (Lipinski definition) is 2. The third kappa shape index (κ3) is 3.02. The molecule has 0 radical (unpaired) electrons. The van der Waals surface area contributed by atoms with Crippen LogP contribution in [0, 0.1) is 6.92 Å². The quantitative estimate of drug-likeness (QED) is 0.878. The normalized spacial score (nSPS) is 25.6. The van der Waals surface area contributed by atoms with Crippen LogP contribution in [0.1, 0.15) is 24.8 Å². The van der Waals surface area contributed by atoms with Crippen molar-refractivity contribution in [2.45, 2.75) is 38.3 Å². The molecule has 4 heteroatoms. The van der Waals surface area contributed by atoms with E-state index in [9.17, 15) is 4.79 Å². The first kappa shape index (κ1) is 13.6. The van der Waals surface area contributed by atoms with Crippen molar-refractivity contribution in [1.29, 1.82) is 0 Å². The summed E-state index contributed by atoms with van der Waals surface area (Å²) in [6.07, 6.45) is 3.75. The van der Waals surface area contributed by atoms with Gasteiger partial charge in [0.05, 0.1) is 6.54 Å². The van der Waals surface area contributed by atoms with Crippen molar-refractivity contribution in [3.63, 3.8) is 0 Å². The minimum Gasteiger partial charge on any atom is -0.325 e. The summed E-state index contributed by atoms with van der Waals surface area (Å²) in [5.41, 5.74) is 2.04. The first-order chi connectivity index (χ1) is 9.72. The van der Waals surface area contributed by atoms with E-state index in [1.165, 1.54) is 32.4 Å². The van der Waals surface area contributed by atoms with Gasteiger partial charge < -0.3 is 10.6 Å². The number of carbonyl (C=O) groups excluding carboxylic acids is 1. The van der Waals surface area contributed by atoms with Crippen molar-refractivity contribution >= 4 is 11.6 Å². The van der Waals surface area contributed by atoms with Crippen molar-refractivity contribution in [3.05, 3.63) is 29.8 Å². The van der Waals surface area contributed by atoms with Crippen LogP contribution in [0.25, 0.3) is 0 Å². The second kappa shape index (κ2) is 5.94. The molecule has 0 spiro atoms. The molecule has 0 aliphatic carbocycles. The van der Waals surface area contributed by atoms with E-state index >= 15 is 0 Å². The van der Waals surface area contributed by atoms with Crippen LogP contribution in [0.3, 0.4) is 0 Å². The van der Waals surface area contributed by atoms with Crippen LogP contribution in [0.4, 0.5) is 5.69 Å². The lowest BCUT2D eigenvalue weighted by Gasteiger charge is -2.21. The van der Waals surface area contributed by atoms with Crippen molar-refractivity contribution in [3.8, 4) is 0 Å². The van der Waals surface area contributed by atoms with Crippen molar-refractivity contribution in [1.82, 2.24) is 10.2 Å². The Bertz CT molecular complexity index is 488. The number of nitrogens with one attached hydrogen (secondary N) is 2. The van der Waals surface area contributed by atoms with Crippen molar-refractivity contribution in [2.75, 3.05) is 25.0 Å². The highest BCUT2D eigenvalue weighted by molar-refractivity contribution is 5.92. The third-order valence-corrected chi connectivity index (χ3v) is 4.43. The average Bonchev–Trinajstić information content (AvgIpc) is 2.99. The summed E-state index contributed by atoms with van der Waals surface area (Å²) in [6, 6.07) is 9.06. The Kier molecular flexibility index (Phi) is 4.03. The number of aryl methyl sites for hydroxylation is 1. The van der Waals surface area contributed by atoms with Crippen LogP contribution in [-0.4, -0.2) is 42.5 Å². The zero-order valence-corrected chi connectivity index (χ0v) is 12.1. The summed E-state index contributed by atoms with van der Waals surface area (Å²) in [6.45, 7) is 4.85. The van der Waals surface area contributed by atoms with Gasteiger partial charge in [0, 0.05) is 24.3 Å². The number of amides is 1. The Morgan fingerprint density at radius 2 is 2.25 bits per heavy atom. The zero-order valence-electron chi connectivity index (χ0n) is 12.1. The second-order valence-corrected chi connectivity index (χ2v) is 5.94. The van der Waals surface area contributed by atoms with E-state index in [0.717, 1.165) is 11.3 Å². The van der Waals surface area contributed by atoms with Crippen LogP contribution in [0.2, 0.25) is 0 Å². The fraction of sp³-hybridized carbons (Fsp3) is 0.562. The predicted molar refractivity (Wildman–Crippen MR) is 80.8 cm³/mol. The number of anilines is 1. The molecular formula is C16H23N3O. The van der Waals surface area contributed by atoms with Crippen LogP contribution in [-0.2, 0) is 4.79 Å². The van der Waals surface area contributed by atoms with Gasteiger partial charge in [0.1, 0.15) is 0 Å². The highest BCUT2D eigenvalue weighted by Gasteiger charge is 2.36. The van der Waals surface area contributed by atoms with Crippen molar-refractivity contribution < 1.29 is 4.79 Å². The third-order valence-electron chi connectivity index (χ3n) is 4.43. The van der Waals surface area contributed by atoms with E-state index in [1.54, 1.807) is 0 Å². The standard InChI is InChI=1S/C16H23N3O/c1-12-4-2-5-13(10-12)18-16(20)11-17-14-7-9-19-8-3-6-15(14)19/h2,4-5,10,14-15,17H,3,6-9,11H2,1H3,(H,18,20). The zero-order chi connectivity index (χ0) is 13.9. The lowest BCUT2D eigenvalue weighted by atomic mass is 10.1. The van der Waals surface area contributed by atoms with Crippen molar-refractivity contribution in [2.24, 2.45) is 0 Å². The number of rotatable bonds is 4. The fourth-order valence-electron chi connectivity index (χ4n) is 3.47.